The van der Waals surface area contributed by atoms with Crippen LogP contribution in [0.5, 0.6) is 5.75 Å². The lowest BCUT2D eigenvalue weighted by molar-refractivity contribution is -0.138. The molecule has 4 rings (SSSR count). The number of anilines is 1. The van der Waals surface area contributed by atoms with Gasteiger partial charge in [0.05, 0.1) is 12.0 Å². The number of hydrogen-bond donors (Lipinski definition) is 1. The summed E-state index contributed by atoms with van der Waals surface area (Å²) >= 11 is 0. The summed E-state index contributed by atoms with van der Waals surface area (Å²) in [5.74, 6) is -0.0253. The fourth-order valence-corrected chi connectivity index (χ4v) is 3.86. The maximum atomic E-state index is 13.1. The van der Waals surface area contributed by atoms with Crippen LogP contribution in [0.1, 0.15) is 29.2 Å². The molecule has 176 valence electrons. The van der Waals surface area contributed by atoms with Crippen LogP contribution in [0.3, 0.4) is 0 Å². The van der Waals surface area contributed by atoms with Gasteiger partial charge in [0.1, 0.15) is 5.75 Å². The molecule has 2 amide bonds. The molecular weight excluding hydrogens is 445 g/mol. The van der Waals surface area contributed by atoms with Gasteiger partial charge in [0.15, 0.2) is 6.10 Å². The Bertz CT molecular complexity index is 1200. The lowest BCUT2D eigenvalue weighted by atomic mass is 10.1. The van der Waals surface area contributed by atoms with Crippen LogP contribution in [0.25, 0.3) is 0 Å². The van der Waals surface area contributed by atoms with Crippen molar-refractivity contribution in [3.05, 3.63) is 95.1 Å². The molecule has 0 aliphatic carbocycles. The van der Waals surface area contributed by atoms with Gasteiger partial charge in [-0.2, -0.15) is 13.2 Å². The van der Waals surface area contributed by atoms with Gasteiger partial charge in [-0.05, 0) is 48.4 Å². The number of ether oxygens (including phenoxy) is 1. The molecule has 1 N–H and O–H groups in total. The average molecular weight is 468 g/mol. The number of nitrogens with zero attached hydrogens (tertiary/aromatic N) is 1. The molecule has 5 nitrogen and oxygen atoms in total. The molecule has 1 atom stereocenters. The van der Waals surface area contributed by atoms with Gasteiger partial charge in [0, 0.05) is 24.3 Å². The number of alkyl halides is 3. The Labute approximate surface area is 195 Å². The Morgan fingerprint density at radius 2 is 1.76 bits per heavy atom. The fraction of sp³-hybridized carbons (Fsp3) is 0.231. The van der Waals surface area contributed by atoms with E-state index < -0.39 is 17.8 Å². The zero-order valence-electron chi connectivity index (χ0n) is 18.4. The van der Waals surface area contributed by atoms with E-state index >= 15 is 0 Å². The third-order valence-electron chi connectivity index (χ3n) is 5.50. The zero-order chi connectivity index (χ0) is 24.3. The normalized spacial score (nSPS) is 15.8. The molecule has 3 aromatic rings. The minimum absolute atomic E-state index is 0.000483. The molecule has 0 radical (unpaired) electrons. The molecule has 1 aliphatic rings. The Morgan fingerprint density at radius 1 is 1.03 bits per heavy atom. The second-order valence-corrected chi connectivity index (χ2v) is 8.19. The van der Waals surface area contributed by atoms with Gasteiger partial charge in [0.2, 0.25) is 5.91 Å². The summed E-state index contributed by atoms with van der Waals surface area (Å²) in [6.45, 7) is 1.74. The number of carbonyl (C=O) groups excluding carboxylic acids is 2. The van der Waals surface area contributed by atoms with E-state index in [0.29, 0.717) is 22.6 Å². The van der Waals surface area contributed by atoms with Crippen molar-refractivity contribution < 1.29 is 27.5 Å². The van der Waals surface area contributed by atoms with E-state index in [9.17, 15) is 22.8 Å². The predicted octanol–water partition coefficient (Wildman–Crippen LogP) is 5.20. The quantitative estimate of drug-likeness (QED) is 0.560. The molecular formula is C26H23F3N2O3. The van der Waals surface area contributed by atoms with Crippen LogP contribution in [0, 0.1) is 0 Å². The van der Waals surface area contributed by atoms with E-state index in [4.69, 9.17) is 4.74 Å². The minimum atomic E-state index is -4.46. The van der Waals surface area contributed by atoms with Crippen molar-refractivity contribution >= 4 is 17.5 Å². The second kappa shape index (κ2) is 9.59. The molecule has 34 heavy (non-hydrogen) atoms. The van der Waals surface area contributed by atoms with Crippen molar-refractivity contribution in [1.82, 2.24) is 4.90 Å². The van der Waals surface area contributed by atoms with Gasteiger partial charge in [-0.25, -0.2) is 0 Å². The van der Waals surface area contributed by atoms with Crippen LogP contribution in [0.15, 0.2) is 72.8 Å². The monoisotopic (exact) mass is 468 g/mol. The van der Waals surface area contributed by atoms with Gasteiger partial charge >= 0.3 is 6.18 Å². The van der Waals surface area contributed by atoms with Gasteiger partial charge in [-0.1, -0.05) is 42.5 Å². The van der Waals surface area contributed by atoms with Crippen LogP contribution in [-0.2, 0) is 35.3 Å². The number of benzene rings is 3. The number of carbonyl (C=O) groups is 2. The second-order valence-electron chi connectivity index (χ2n) is 8.19. The summed E-state index contributed by atoms with van der Waals surface area (Å²) in [7, 11) is 0. The van der Waals surface area contributed by atoms with Crippen molar-refractivity contribution in [3.63, 3.8) is 0 Å². The Kier molecular flexibility index (Phi) is 6.58. The van der Waals surface area contributed by atoms with E-state index in [1.807, 2.05) is 30.3 Å². The molecule has 0 saturated heterocycles. The molecule has 1 aliphatic heterocycles. The maximum Gasteiger partial charge on any atom is 0.416 e. The van der Waals surface area contributed by atoms with Gasteiger partial charge < -0.3 is 15.0 Å². The van der Waals surface area contributed by atoms with Crippen LogP contribution < -0.4 is 10.1 Å². The predicted molar refractivity (Wildman–Crippen MR) is 121 cm³/mol. The van der Waals surface area contributed by atoms with Crippen molar-refractivity contribution in [2.75, 3.05) is 5.32 Å². The molecule has 0 saturated carbocycles. The molecule has 0 unspecified atom stereocenters. The SMILES string of the molecule is C[C@H]1Oc2ccc(NC(=O)Cc3ccccc3)cc2CN(Cc2cccc(C(F)(F)F)c2)C1=O. The number of halogens is 3. The van der Waals surface area contributed by atoms with Crippen molar-refractivity contribution in [2.24, 2.45) is 0 Å². The molecule has 1 heterocycles. The van der Waals surface area contributed by atoms with E-state index in [2.05, 4.69) is 5.32 Å². The lowest BCUT2D eigenvalue weighted by Crippen LogP contribution is -2.37. The third-order valence-corrected chi connectivity index (χ3v) is 5.50. The summed E-state index contributed by atoms with van der Waals surface area (Å²) in [5, 5.41) is 2.85. The highest BCUT2D eigenvalue weighted by Gasteiger charge is 2.32. The first-order valence-electron chi connectivity index (χ1n) is 10.8. The number of rotatable bonds is 5. The number of fused-ring (bicyclic) bond motifs is 1. The van der Waals surface area contributed by atoms with Crippen LogP contribution >= 0.6 is 0 Å². The number of nitrogens with one attached hydrogen (secondary N) is 1. The van der Waals surface area contributed by atoms with Crippen molar-refractivity contribution in [1.29, 1.82) is 0 Å². The molecule has 0 fully saturated rings. The first kappa shape index (κ1) is 23.4. The summed E-state index contributed by atoms with van der Waals surface area (Å²) in [4.78, 5) is 26.8. The van der Waals surface area contributed by atoms with E-state index in [1.165, 1.54) is 11.0 Å². The van der Waals surface area contributed by atoms with Crippen molar-refractivity contribution in [2.45, 2.75) is 38.7 Å². The number of hydrogen-bond acceptors (Lipinski definition) is 3. The average Bonchev–Trinajstić information content (AvgIpc) is 2.90. The van der Waals surface area contributed by atoms with Gasteiger partial charge in [0.25, 0.3) is 5.91 Å². The Balaban J connectivity index is 1.53. The van der Waals surface area contributed by atoms with Crippen LogP contribution in [0.2, 0.25) is 0 Å². The third kappa shape index (κ3) is 5.57. The first-order valence-corrected chi connectivity index (χ1v) is 10.8. The smallest absolute Gasteiger partial charge is 0.416 e. The fourth-order valence-electron chi connectivity index (χ4n) is 3.86. The molecule has 8 heteroatoms. The van der Waals surface area contributed by atoms with Crippen LogP contribution in [0.4, 0.5) is 18.9 Å². The highest BCUT2D eigenvalue weighted by Crippen LogP contribution is 2.32. The lowest BCUT2D eigenvalue weighted by Gasteiger charge is -2.22. The highest BCUT2D eigenvalue weighted by molar-refractivity contribution is 5.92. The van der Waals surface area contributed by atoms with Gasteiger partial charge in [-0.3, -0.25) is 9.59 Å². The summed E-state index contributed by atoms with van der Waals surface area (Å²) in [6.07, 6.45) is -5.05. The van der Waals surface area contributed by atoms with Crippen molar-refractivity contribution in [3.8, 4) is 5.75 Å². The summed E-state index contributed by atoms with van der Waals surface area (Å²) < 4.78 is 45.1. The highest BCUT2D eigenvalue weighted by atomic mass is 19.4. The summed E-state index contributed by atoms with van der Waals surface area (Å²) in [5.41, 5.74) is 1.68. The standard InChI is InChI=1S/C26H23F3N2O3/c1-17-25(33)31(15-19-8-5-9-21(12-19)26(27,28)29)16-20-14-22(10-11-23(20)34-17)30-24(32)13-18-6-3-2-4-7-18/h2-12,14,17H,13,15-16H2,1H3,(H,30,32)/t17-/m1/s1. The largest absolute Gasteiger partial charge is 0.481 e. The number of amides is 2. The summed E-state index contributed by atoms with van der Waals surface area (Å²) in [6, 6.07) is 19.4. The zero-order valence-corrected chi connectivity index (χ0v) is 18.4. The molecule has 3 aromatic carbocycles. The minimum Gasteiger partial charge on any atom is -0.481 e. The van der Waals surface area contributed by atoms with E-state index in [0.717, 1.165) is 17.7 Å². The van der Waals surface area contributed by atoms with Crippen LogP contribution in [-0.4, -0.2) is 22.8 Å². The maximum absolute atomic E-state index is 13.1. The molecule has 0 spiro atoms. The Morgan fingerprint density at radius 3 is 2.50 bits per heavy atom. The van der Waals surface area contributed by atoms with Gasteiger partial charge in [-0.15, -0.1) is 0 Å². The van der Waals surface area contributed by atoms with E-state index in [1.54, 1.807) is 31.2 Å². The first-order chi connectivity index (χ1) is 16.2. The Hall–Kier alpha value is -3.81. The topological polar surface area (TPSA) is 58.6 Å². The van der Waals surface area contributed by atoms with E-state index in [-0.39, 0.29) is 31.3 Å². The molecule has 0 aromatic heterocycles. The molecule has 0 bridgehead atoms.